The number of aromatic nitrogens is 1. The Labute approximate surface area is 182 Å². The summed E-state index contributed by atoms with van der Waals surface area (Å²) in [6.45, 7) is 1.06. The number of rotatable bonds is 4. The maximum Gasteiger partial charge on any atom is 0.243 e. The van der Waals surface area contributed by atoms with Gasteiger partial charge in [-0.1, -0.05) is 41.6 Å². The molecule has 0 atom stereocenters. The van der Waals surface area contributed by atoms with Gasteiger partial charge in [-0.05, 0) is 36.4 Å². The maximum absolute atomic E-state index is 12.4. The molecule has 0 bridgehead atoms. The number of para-hydroxylation sites is 1. The van der Waals surface area contributed by atoms with Crippen LogP contribution in [0.4, 0.5) is 11.5 Å². The number of hydrazone groups is 1. The van der Waals surface area contributed by atoms with E-state index < -0.39 is 6.29 Å². The fourth-order valence-electron chi connectivity index (χ4n) is 3.33. The van der Waals surface area contributed by atoms with E-state index in [9.17, 15) is 4.79 Å². The first-order valence-corrected chi connectivity index (χ1v) is 10.7. The highest BCUT2D eigenvalue weighted by Gasteiger charge is 2.30. The van der Waals surface area contributed by atoms with Crippen LogP contribution in [-0.4, -0.2) is 35.0 Å². The monoisotopic (exact) mass is 440 g/mol. The molecule has 0 spiro atoms. The summed E-state index contributed by atoms with van der Waals surface area (Å²) in [5.74, 6) is 0.803. The number of amidine groups is 1. The van der Waals surface area contributed by atoms with Gasteiger partial charge in [-0.2, -0.15) is 0 Å². The van der Waals surface area contributed by atoms with Gasteiger partial charge in [0.25, 0.3) is 0 Å². The van der Waals surface area contributed by atoms with E-state index >= 15 is 0 Å². The number of carbonyl (C=O) groups excluding carboxylic acids is 1. The third-order valence-electron chi connectivity index (χ3n) is 4.74. The van der Waals surface area contributed by atoms with Crippen molar-refractivity contribution in [1.82, 2.24) is 4.98 Å². The summed E-state index contributed by atoms with van der Waals surface area (Å²) in [4.78, 5) is 18.7. The van der Waals surface area contributed by atoms with E-state index in [0.717, 1.165) is 16.5 Å². The molecule has 7 nitrogen and oxygen atoms in total. The second-order valence-electron chi connectivity index (χ2n) is 6.69. The summed E-state index contributed by atoms with van der Waals surface area (Å²) >= 11 is 7.34. The number of amides is 1. The highest BCUT2D eigenvalue weighted by atomic mass is 35.5. The molecule has 3 aromatic rings. The van der Waals surface area contributed by atoms with Crippen LogP contribution < -0.4 is 10.3 Å². The smallest absolute Gasteiger partial charge is 0.243 e. The quantitative estimate of drug-likeness (QED) is 0.606. The molecule has 2 saturated heterocycles. The fourth-order valence-corrected chi connectivity index (χ4v) is 4.28. The molecule has 2 aliphatic heterocycles. The van der Waals surface area contributed by atoms with Crippen molar-refractivity contribution < 1.29 is 14.3 Å². The van der Waals surface area contributed by atoms with Gasteiger partial charge in [0.05, 0.1) is 35.7 Å². The lowest BCUT2D eigenvalue weighted by molar-refractivity contribution is -0.115. The Morgan fingerprint density at radius 3 is 2.70 bits per heavy atom. The van der Waals surface area contributed by atoms with Gasteiger partial charge in [-0.25, -0.2) is 4.98 Å². The second-order valence-corrected chi connectivity index (χ2v) is 8.07. The summed E-state index contributed by atoms with van der Waals surface area (Å²) in [7, 11) is 0. The Balaban J connectivity index is 1.49. The van der Waals surface area contributed by atoms with Crippen molar-refractivity contribution >= 4 is 56.8 Å². The molecule has 152 valence electrons. The van der Waals surface area contributed by atoms with Crippen molar-refractivity contribution in [3.63, 3.8) is 0 Å². The van der Waals surface area contributed by atoms with Gasteiger partial charge < -0.3 is 9.47 Å². The van der Waals surface area contributed by atoms with Gasteiger partial charge >= 0.3 is 0 Å². The van der Waals surface area contributed by atoms with Gasteiger partial charge in [0, 0.05) is 10.4 Å². The van der Waals surface area contributed by atoms with Gasteiger partial charge in [-0.15, -0.1) is 5.10 Å². The van der Waals surface area contributed by atoms with Crippen LogP contribution in [0.1, 0.15) is 11.9 Å². The standard InChI is InChI=1S/C21H17ClN4O3S/c22-14-5-7-15(8-6-14)26-18(27)12-30-21(26)25-24-19-16(20-28-9-10-29-20)11-13-3-1-2-4-17(13)23-19/h1-8,11,20H,9-10,12H2,(H,23,24)/b25-21-. The predicted molar refractivity (Wildman–Crippen MR) is 119 cm³/mol. The highest BCUT2D eigenvalue weighted by Crippen LogP contribution is 2.32. The van der Waals surface area contributed by atoms with Crippen molar-refractivity contribution in [3.8, 4) is 0 Å². The Morgan fingerprint density at radius 2 is 1.90 bits per heavy atom. The molecule has 1 aromatic heterocycles. The summed E-state index contributed by atoms with van der Waals surface area (Å²) in [6.07, 6.45) is -0.505. The number of hydrogen-bond donors (Lipinski definition) is 1. The zero-order valence-corrected chi connectivity index (χ0v) is 17.3. The first-order chi connectivity index (χ1) is 14.7. The van der Waals surface area contributed by atoms with Crippen molar-refractivity contribution in [2.45, 2.75) is 6.29 Å². The fraction of sp³-hybridized carbons (Fsp3) is 0.190. The normalized spacial score (nSPS) is 18.6. The minimum atomic E-state index is -0.505. The van der Waals surface area contributed by atoms with E-state index in [4.69, 9.17) is 26.1 Å². The first-order valence-electron chi connectivity index (χ1n) is 9.37. The zero-order chi connectivity index (χ0) is 20.5. The molecular weight excluding hydrogens is 424 g/mol. The van der Waals surface area contributed by atoms with Crippen LogP contribution in [-0.2, 0) is 14.3 Å². The molecule has 1 amide bonds. The summed E-state index contributed by atoms with van der Waals surface area (Å²) < 4.78 is 11.4. The Hall–Kier alpha value is -2.65. The largest absolute Gasteiger partial charge is 0.346 e. The van der Waals surface area contributed by atoms with Crippen molar-refractivity contribution in [3.05, 3.63) is 65.2 Å². The molecule has 0 unspecified atom stereocenters. The average molecular weight is 441 g/mol. The molecular formula is C21H17ClN4O3S. The Morgan fingerprint density at radius 1 is 1.13 bits per heavy atom. The molecule has 5 rings (SSSR count). The number of fused-ring (bicyclic) bond motifs is 1. The van der Waals surface area contributed by atoms with Crippen LogP contribution in [0, 0.1) is 0 Å². The molecule has 2 aliphatic rings. The number of carbonyl (C=O) groups is 1. The second kappa shape index (κ2) is 8.23. The molecule has 30 heavy (non-hydrogen) atoms. The predicted octanol–water partition coefficient (Wildman–Crippen LogP) is 4.40. The summed E-state index contributed by atoms with van der Waals surface area (Å²) in [6, 6.07) is 16.9. The van der Waals surface area contributed by atoms with Crippen LogP contribution in [0.2, 0.25) is 5.02 Å². The number of thioether (sulfide) groups is 1. The van der Waals surface area contributed by atoms with Crippen LogP contribution in [0.15, 0.2) is 59.7 Å². The number of anilines is 2. The minimum Gasteiger partial charge on any atom is -0.346 e. The van der Waals surface area contributed by atoms with Crippen LogP contribution in [0.5, 0.6) is 0 Å². The van der Waals surface area contributed by atoms with E-state index in [1.165, 1.54) is 11.8 Å². The van der Waals surface area contributed by atoms with E-state index in [-0.39, 0.29) is 5.91 Å². The lowest BCUT2D eigenvalue weighted by atomic mass is 10.1. The molecule has 0 saturated carbocycles. The van der Waals surface area contributed by atoms with Crippen molar-refractivity contribution in [1.29, 1.82) is 0 Å². The topological polar surface area (TPSA) is 76.0 Å². The van der Waals surface area contributed by atoms with Gasteiger partial charge in [-0.3, -0.25) is 15.1 Å². The third kappa shape index (κ3) is 3.75. The molecule has 2 fully saturated rings. The molecule has 0 aliphatic carbocycles. The van der Waals surface area contributed by atoms with Crippen LogP contribution in [0.25, 0.3) is 10.9 Å². The molecule has 1 N–H and O–H groups in total. The summed E-state index contributed by atoms with van der Waals surface area (Å²) in [5, 5.41) is 6.62. The Kier molecular flexibility index (Phi) is 5.30. The SMILES string of the molecule is O=C1CS/C(=N\Nc2nc3ccccc3cc2C2OCCO2)N1c1ccc(Cl)cc1. The number of ether oxygens (including phenoxy) is 2. The number of nitrogens with zero attached hydrogens (tertiary/aromatic N) is 3. The van der Waals surface area contributed by atoms with E-state index in [1.807, 2.05) is 30.3 Å². The van der Waals surface area contributed by atoms with Gasteiger partial charge in [0.2, 0.25) is 5.91 Å². The van der Waals surface area contributed by atoms with E-state index in [0.29, 0.717) is 40.7 Å². The number of benzene rings is 2. The molecule has 0 radical (unpaired) electrons. The first kappa shape index (κ1) is 19.3. The number of halogens is 1. The highest BCUT2D eigenvalue weighted by molar-refractivity contribution is 8.15. The molecule has 2 aromatic carbocycles. The lowest BCUT2D eigenvalue weighted by Crippen LogP contribution is -2.29. The Bertz CT molecular complexity index is 1130. The maximum atomic E-state index is 12.4. The molecule has 3 heterocycles. The number of hydrogen-bond acceptors (Lipinski definition) is 7. The average Bonchev–Trinajstić information content (AvgIpc) is 3.42. The van der Waals surface area contributed by atoms with E-state index in [1.54, 1.807) is 29.2 Å². The van der Waals surface area contributed by atoms with Crippen molar-refractivity contribution in [2.24, 2.45) is 5.10 Å². The third-order valence-corrected chi connectivity index (χ3v) is 5.91. The molecule has 9 heteroatoms. The summed E-state index contributed by atoms with van der Waals surface area (Å²) in [5.41, 5.74) is 5.34. The number of pyridine rings is 1. The van der Waals surface area contributed by atoms with Crippen LogP contribution in [0.3, 0.4) is 0 Å². The van der Waals surface area contributed by atoms with Gasteiger partial charge in [0.15, 0.2) is 17.3 Å². The number of nitrogens with one attached hydrogen (secondary N) is 1. The zero-order valence-electron chi connectivity index (χ0n) is 15.7. The lowest BCUT2D eigenvalue weighted by Gasteiger charge is -2.17. The van der Waals surface area contributed by atoms with Crippen molar-refractivity contribution in [2.75, 3.05) is 29.3 Å². The van der Waals surface area contributed by atoms with Crippen LogP contribution >= 0.6 is 23.4 Å². The van der Waals surface area contributed by atoms with Gasteiger partial charge in [0.1, 0.15) is 0 Å². The van der Waals surface area contributed by atoms with E-state index in [2.05, 4.69) is 10.5 Å². The minimum absolute atomic E-state index is 0.0444.